The van der Waals surface area contributed by atoms with Crippen LogP contribution in [0.15, 0.2) is 66.7 Å². The molecule has 3 aromatic rings. The van der Waals surface area contributed by atoms with Crippen molar-refractivity contribution in [1.29, 1.82) is 5.41 Å². The number of amidine groups is 1. The fourth-order valence-electron chi connectivity index (χ4n) is 10.8. The van der Waals surface area contributed by atoms with Crippen molar-refractivity contribution in [1.82, 2.24) is 61.7 Å². The van der Waals surface area contributed by atoms with Crippen LogP contribution in [-0.2, 0) is 65.6 Å². The first-order valence-corrected chi connectivity index (χ1v) is 31.4. The number of aliphatic carboxylic acids is 3. The highest BCUT2D eigenvalue weighted by atomic mass is 16.4. The van der Waals surface area contributed by atoms with Crippen LogP contribution in [0.25, 0.3) is 10.8 Å². The van der Waals surface area contributed by atoms with E-state index in [9.17, 15) is 73.2 Å². The molecule has 0 radical (unpaired) electrons. The number of carbonyl (C=O) groups is 11. The number of benzene rings is 3. The number of rotatable bonds is 31. The second-order valence-electron chi connectivity index (χ2n) is 23.3. The Kier molecular flexibility index (Phi) is 31.7. The molecule has 2 aliphatic rings. The second kappa shape index (κ2) is 39.5. The van der Waals surface area contributed by atoms with Gasteiger partial charge in [-0.2, -0.15) is 0 Å². The van der Waals surface area contributed by atoms with Crippen molar-refractivity contribution < 1.29 is 73.2 Å². The smallest absolute Gasteiger partial charge is 0.317 e. The van der Waals surface area contributed by atoms with Crippen molar-refractivity contribution in [3.8, 4) is 5.75 Å². The van der Waals surface area contributed by atoms with E-state index in [2.05, 4.69) is 37.2 Å². The lowest BCUT2D eigenvalue weighted by Crippen LogP contribution is -2.58. The summed E-state index contributed by atoms with van der Waals surface area (Å²) in [6.45, 7) is 1.40. The maximum atomic E-state index is 14.6. The Balaban J connectivity index is 1.11. The van der Waals surface area contributed by atoms with Gasteiger partial charge in [-0.1, -0.05) is 61.0 Å². The van der Waals surface area contributed by atoms with Crippen LogP contribution >= 0.6 is 0 Å². The van der Waals surface area contributed by atoms with Gasteiger partial charge in [-0.15, -0.1) is 0 Å². The van der Waals surface area contributed by atoms with Gasteiger partial charge in [-0.25, -0.2) is 0 Å². The number of nitrogens with one attached hydrogen (secondary N) is 8. The number of likely N-dealkylation sites (N-methyl/N-ethyl adjacent to an activating group) is 1. The Hall–Kier alpha value is -8.80. The fraction of sp³-hybridized carbons (Fsp3) is 0.556. The van der Waals surface area contributed by atoms with E-state index in [1.165, 1.54) is 24.1 Å². The molecule has 0 aromatic heterocycles. The Morgan fingerprint density at radius 3 is 1.54 bits per heavy atom. The number of nitrogens with zero attached hydrogens (tertiary/aromatic N) is 5. The number of amides is 8. The number of phenolic OH excluding ortho intramolecular Hbond substituents is 1. The van der Waals surface area contributed by atoms with Gasteiger partial charge in [0.2, 0.25) is 47.3 Å². The number of carboxylic acid groups (broad SMARTS) is 3. The minimum Gasteiger partial charge on any atom is -0.508 e. The molecule has 2 aliphatic heterocycles. The van der Waals surface area contributed by atoms with Crippen LogP contribution in [0.5, 0.6) is 5.75 Å². The molecule has 92 heavy (non-hydrogen) atoms. The second-order valence-corrected chi connectivity index (χ2v) is 23.3. The topological polar surface area (TPSA) is 419 Å². The molecule has 2 saturated heterocycles. The van der Waals surface area contributed by atoms with Crippen molar-refractivity contribution in [3.05, 3.63) is 77.9 Å². The van der Waals surface area contributed by atoms with Crippen molar-refractivity contribution in [3.63, 3.8) is 0 Å². The third-order valence-electron chi connectivity index (χ3n) is 15.9. The van der Waals surface area contributed by atoms with E-state index in [1.807, 2.05) is 47.4 Å². The lowest BCUT2D eigenvalue weighted by atomic mass is 10.00. The standard InChI is InChI=1S/C63H92N14O15/c1-73-51(14-10-26-67-54(80)17-6-8-24-66-53(79)16-7-9-25-68-56(82)39-74-27-29-75(40-57(83)84)31-33-77(42-59(87)88)34-32-76(30-28-74)41-58(85)86)62(91)71-48(13-4-5-15-52(64)65)61(90)72-49(37-44-18-21-45-11-2-3-12-46(45)35-44)60(89)69-38-55(81)70-50(63(73)92)36-43-19-22-47(78)23-20-43/h2-3,11-12,18-23,35,48-51,78H,4-10,13-17,24-34,36-42H2,1H3,(H3,64,65)(H,66,79)(H,67,80)(H,68,82)(H,69,89)(H,70,81)(H,71,91)(H,72,90)(H,83,84)(H,85,86)(H,87,88)/t48-,49-,50+,51+/m0/s1. The Labute approximate surface area is 535 Å². The molecular weight excluding hydrogens is 1190 g/mol. The number of nitrogens with two attached hydrogens (primary N) is 1. The quantitative estimate of drug-likeness (QED) is 0.0213. The van der Waals surface area contributed by atoms with Crippen molar-refractivity contribution in [2.24, 2.45) is 5.73 Å². The predicted octanol–water partition coefficient (Wildman–Crippen LogP) is -0.817. The Morgan fingerprint density at radius 2 is 1.00 bits per heavy atom. The van der Waals surface area contributed by atoms with Crippen molar-refractivity contribution in [2.75, 3.05) is 112 Å². The summed E-state index contributed by atoms with van der Waals surface area (Å²) in [7, 11) is 1.40. The van der Waals surface area contributed by atoms with Gasteiger partial charge in [0, 0.05) is 111 Å². The summed E-state index contributed by atoms with van der Waals surface area (Å²) in [6.07, 6.45) is 3.46. The van der Waals surface area contributed by atoms with Gasteiger partial charge in [0.05, 0.1) is 38.6 Å². The van der Waals surface area contributed by atoms with Crippen LogP contribution in [0.3, 0.4) is 0 Å². The zero-order valence-corrected chi connectivity index (χ0v) is 52.5. The molecule has 504 valence electrons. The third kappa shape index (κ3) is 28.2. The lowest BCUT2D eigenvalue weighted by molar-refractivity contribution is -0.142. The monoisotopic (exact) mass is 1280 g/mol. The van der Waals surface area contributed by atoms with Crippen LogP contribution in [0, 0.1) is 5.41 Å². The maximum Gasteiger partial charge on any atom is 0.317 e. The first-order valence-electron chi connectivity index (χ1n) is 31.4. The van der Waals surface area contributed by atoms with E-state index in [4.69, 9.17) is 11.1 Å². The fourth-order valence-corrected chi connectivity index (χ4v) is 10.8. The SMILES string of the molecule is CN1C(=O)[C@@H](Cc2ccc(O)cc2)NC(=O)CNC(=O)[C@H](Cc2ccc3ccccc3c2)NC(=O)[C@H](CCCCC(=N)N)NC(=O)[C@H]1CCCNC(=O)CCCCNC(=O)CCCCNC(=O)CN1CCN(CC(=O)O)CCN(CC(=O)O)CCN(CC(=O)O)CC1. The van der Waals surface area contributed by atoms with Gasteiger partial charge in [0.15, 0.2) is 0 Å². The highest BCUT2D eigenvalue weighted by Gasteiger charge is 2.36. The molecule has 2 fully saturated rings. The number of hydrogen-bond acceptors (Lipinski definition) is 17. The van der Waals surface area contributed by atoms with Crippen LogP contribution in [-0.4, -0.2) is 252 Å². The maximum absolute atomic E-state index is 14.6. The molecule has 0 bridgehead atoms. The molecule has 0 aliphatic carbocycles. The number of phenols is 1. The van der Waals surface area contributed by atoms with E-state index >= 15 is 0 Å². The van der Waals surface area contributed by atoms with Crippen LogP contribution in [0.4, 0.5) is 0 Å². The average Bonchev–Trinajstić information content (AvgIpc) is 1.39. The minimum absolute atomic E-state index is 0.00171. The predicted molar refractivity (Wildman–Crippen MR) is 340 cm³/mol. The zero-order chi connectivity index (χ0) is 67.0. The molecule has 29 heteroatoms. The van der Waals surface area contributed by atoms with Gasteiger partial charge in [-0.3, -0.25) is 77.7 Å². The van der Waals surface area contributed by atoms with E-state index in [1.54, 1.807) is 26.8 Å². The van der Waals surface area contributed by atoms with E-state index in [0.717, 1.165) is 10.8 Å². The number of unbranched alkanes of at least 4 members (excludes halogenated alkanes) is 3. The normalized spacial score (nSPS) is 19.1. The number of hydrogen-bond donors (Lipinski definition) is 13. The van der Waals surface area contributed by atoms with E-state index < -0.39 is 78.2 Å². The lowest BCUT2D eigenvalue weighted by Gasteiger charge is -2.32. The van der Waals surface area contributed by atoms with Crippen LogP contribution < -0.4 is 43.0 Å². The molecule has 29 nitrogen and oxygen atoms in total. The summed E-state index contributed by atoms with van der Waals surface area (Å²) >= 11 is 0. The van der Waals surface area contributed by atoms with Crippen molar-refractivity contribution >= 4 is 81.8 Å². The van der Waals surface area contributed by atoms with Gasteiger partial charge in [-0.05, 0) is 85.4 Å². The summed E-state index contributed by atoms with van der Waals surface area (Å²) < 4.78 is 0. The molecule has 5 rings (SSSR count). The Morgan fingerprint density at radius 1 is 0.522 bits per heavy atom. The number of fused-ring (bicyclic) bond motifs is 1. The van der Waals surface area contributed by atoms with E-state index in [-0.39, 0.29) is 159 Å². The summed E-state index contributed by atoms with van der Waals surface area (Å²) in [5.41, 5.74) is 6.90. The number of carbonyl (C=O) groups excluding carboxylic acids is 8. The van der Waals surface area contributed by atoms with Gasteiger partial charge < -0.3 is 68.3 Å². The molecule has 0 unspecified atom stereocenters. The van der Waals surface area contributed by atoms with Gasteiger partial charge in [0.25, 0.3) is 0 Å². The highest BCUT2D eigenvalue weighted by Crippen LogP contribution is 2.19. The Bertz CT molecular complexity index is 2960. The first kappa shape index (κ1) is 73.9. The van der Waals surface area contributed by atoms with Gasteiger partial charge >= 0.3 is 17.9 Å². The number of carboxylic acids is 3. The summed E-state index contributed by atoms with van der Waals surface area (Å²) in [4.78, 5) is 153. The third-order valence-corrected chi connectivity index (χ3v) is 15.9. The first-order chi connectivity index (χ1) is 44.0. The van der Waals surface area contributed by atoms with E-state index in [0.29, 0.717) is 69.3 Å². The molecule has 3 aromatic carbocycles. The zero-order valence-electron chi connectivity index (χ0n) is 52.5. The van der Waals surface area contributed by atoms with Crippen LogP contribution in [0.2, 0.25) is 0 Å². The van der Waals surface area contributed by atoms with Crippen molar-refractivity contribution in [2.45, 2.75) is 114 Å². The molecule has 0 spiro atoms. The molecular formula is C63H92N14O15. The summed E-state index contributed by atoms with van der Waals surface area (Å²) in [5, 5.41) is 67.5. The van der Waals surface area contributed by atoms with Gasteiger partial charge in [0.1, 0.15) is 29.9 Å². The molecule has 14 N–H and O–H groups in total. The largest absolute Gasteiger partial charge is 0.508 e. The molecule has 8 amide bonds. The summed E-state index contributed by atoms with van der Waals surface area (Å²) in [6, 6.07) is 14.3. The minimum atomic E-state index is -1.26. The highest BCUT2D eigenvalue weighted by molar-refractivity contribution is 5.97. The van der Waals surface area contributed by atoms with Crippen LogP contribution in [0.1, 0.15) is 88.2 Å². The molecule has 0 saturated carbocycles. The summed E-state index contributed by atoms with van der Waals surface area (Å²) in [5.74, 6) is -7.50. The molecule has 4 atom stereocenters. The average molecular weight is 1290 g/mol. The number of aromatic hydroxyl groups is 1. The molecule has 2 heterocycles.